The molecule has 8 aliphatic rings. The third-order valence-corrected chi connectivity index (χ3v) is 20.5. The maximum atomic E-state index is 12.8. The number of aliphatic hydroxyl groups is 14. The van der Waals surface area contributed by atoms with Gasteiger partial charge >= 0.3 is 0 Å². The summed E-state index contributed by atoms with van der Waals surface area (Å²) in [5.74, 6) is -0.395. The average molecular weight is 1080 g/mol. The Balaban J connectivity index is 1.01. The van der Waals surface area contributed by atoms with Crippen molar-refractivity contribution < 1.29 is 109 Å². The first-order chi connectivity index (χ1) is 35.1. The molecule has 0 amide bonds. The summed E-state index contributed by atoms with van der Waals surface area (Å²) in [7, 11) is 0. The molecule has 0 aromatic rings. The van der Waals surface area contributed by atoms with Gasteiger partial charge in [-0.05, 0) is 124 Å². The lowest BCUT2D eigenvalue weighted by atomic mass is 9.35. The molecular formula is C53H90O22. The van der Waals surface area contributed by atoms with Crippen LogP contribution in [-0.4, -0.2) is 232 Å². The molecule has 4 aliphatic heterocycles. The van der Waals surface area contributed by atoms with E-state index in [0.717, 1.165) is 24.8 Å². The summed E-state index contributed by atoms with van der Waals surface area (Å²) < 4.78 is 48.8. The van der Waals surface area contributed by atoms with E-state index >= 15 is 0 Å². The van der Waals surface area contributed by atoms with Crippen LogP contribution in [-0.2, 0) is 37.9 Å². The molecule has 4 saturated heterocycles. The zero-order chi connectivity index (χ0) is 55.1. The molecule has 8 fully saturated rings. The van der Waals surface area contributed by atoms with E-state index in [-0.39, 0.29) is 41.1 Å². The molecule has 0 bridgehead atoms. The van der Waals surface area contributed by atoms with Gasteiger partial charge < -0.3 is 109 Å². The van der Waals surface area contributed by atoms with Gasteiger partial charge in [-0.3, -0.25) is 0 Å². The van der Waals surface area contributed by atoms with Crippen LogP contribution >= 0.6 is 0 Å². The van der Waals surface area contributed by atoms with E-state index in [9.17, 15) is 71.5 Å². The summed E-state index contributed by atoms with van der Waals surface area (Å²) in [5, 5.41) is 151. The van der Waals surface area contributed by atoms with Crippen molar-refractivity contribution in [2.24, 2.45) is 45.3 Å². The van der Waals surface area contributed by atoms with Crippen LogP contribution in [0.25, 0.3) is 0 Å². The van der Waals surface area contributed by atoms with Gasteiger partial charge in [0.2, 0.25) is 0 Å². The van der Waals surface area contributed by atoms with E-state index in [1.807, 2.05) is 20.8 Å². The molecule has 4 aliphatic carbocycles. The average Bonchev–Trinajstić information content (AvgIpc) is 3.75. The van der Waals surface area contributed by atoms with Crippen molar-refractivity contribution in [2.45, 2.75) is 248 Å². The highest BCUT2D eigenvalue weighted by atomic mass is 16.8. The maximum absolute atomic E-state index is 12.8. The van der Waals surface area contributed by atoms with Gasteiger partial charge in [0.15, 0.2) is 25.2 Å². The summed E-state index contributed by atoms with van der Waals surface area (Å²) in [6.07, 6.45) is -22.6. The van der Waals surface area contributed by atoms with Crippen molar-refractivity contribution >= 4 is 0 Å². The van der Waals surface area contributed by atoms with Crippen LogP contribution in [0.3, 0.4) is 0 Å². The molecule has 434 valence electrons. The van der Waals surface area contributed by atoms with Gasteiger partial charge in [0.25, 0.3) is 0 Å². The van der Waals surface area contributed by atoms with Crippen LogP contribution in [0.2, 0.25) is 0 Å². The Bertz CT molecular complexity index is 1940. The van der Waals surface area contributed by atoms with Gasteiger partial charge in [-0.1, -0.05) is 46.3 Å². The molecule has 5 unspecified atom stereocenters. The molecule has 14 N–H and O–H groups in total. The second kappa shape index (κ2) is 22.7. The first kappa shape index (κ1) is 60.0. The zero-order valence-electron chi connectivity index (χ0n) is 44.7. The minimum atomic E-state index is -1.81. The Labute approximate surface area is 439 Å². The summed E-state index contributed by atoms with van der Waals surface area (Å²) in [6, 6.07) is 0. The molecule has 22 heteroatoms. The molecule has 0 radical (unpaired) electrons. The van der Waals surface area contributed by atoms with Crippen molar-refractivity contribution in [3.05, 3.63) is 11.6 Å². The third kappa shape index (κ3) is 10.6. The standard InChI is InChI=1S/C53H90O22/c1-23(2)10-9-14-53(8,75-47-43(67)39(63)37(61)29(72-47)22-69-45-41(65)34(58)26(57)21-68-45)24-11-16-52(7)33(24)25(56)18-31-50(5)15-13-32(49(3,4)30(50)12-17-51(31,52)6)73-48-44(40(64)36(60)28(20-55)71-48)74-46-42(66)38(62)35(59)27(19-54)70-46/h10,24-48,54-67H,9,11-22H2,1-8H3/t24?,25-,26+,27-,28-,29-,30?,31?,32+,33+,34+,35-,36-,37-,38+,39+,40+,41-,42-,43-,44-,45+,46+,47+,48+,50+,51-,52?,53?/m1/s1. The highest BCUT2D eigenvalue weighted by Gasteiger charge is 2.72. The minimum absolute atomic E-state index is 0.0508. The Kier molecular flexibility index (Phi) is 18.1. The molecular weight excluding hydrogens is 989 g/mol. The quantitative estimate of drug-likeness (QED) is 0.0651. The number of rotatable bonds is 15. The number of allylic oxidation sites excluding steroid dienone is 2. The summed E-state index contributed by atoms with van der Waals surface area (Å²) in [6.45, 7) is 15.1. The van der Waals surface area contributed by atoms with Gasteiger partial charge in [0, 0.05) is 0 Å². The third-order valence-electron chi connectivity index (χ3n) is 20.5. The molecule has 4 heterocycles. The second-order valence-electron chi connectivity index (χ2n) is 25.3. The lowest BCUT2D eigenvalue weighted by Crippen LogP contribution is -2.68. The first-order valence-electron chi connectivity index (χ1n) is 27.3. The second-order valence-corrected chi connectivity index (χ2v) is 25.3. The monoisotopic (exact) mass is 1080 g/mol. The summed E-state index contributed by atoms with van der Waals surface area (Å²) in [5.41, 5.74) is -1.48. The molecule has 8 rings (SSSR count). The number of hydrogen-bond acceptors (Lipinski definition) is 22. The Morgan fingerprint density at radius 1 is 0.587 bits per heavy atom. The fraction of sp³-hybridized carbons (Fsp3) is 0.962. The molecule has 4 saturated carbocycles. The van der Waals surface area contributed by atoms with Crippen molar-refractivity contribution in [1.29, 1.82) is 0 Å². The topological polar surface area (TPSA) is 357 Å². The van der Waals surface area contributed by atoms with Crippen molar-refractivity contribution in [1.82, 2.24) is 0 Å². The molecule has 22 nitrogen and oxygen atoms in total. The summed E-state index contributed by atoms with van der Waals surface area (Å²) in [4.78, 5) is 0. The fourth-order valence-electron chi connectivity index (χ4n) is 16.0. The Morgan fingerprint density at radius 3 is 1.80 bits per heavy atom. The molecule has 0 spiro atoms. The van der Waals surface area contributed by atoms with Crippen molar-refractivity contribution in [2.75, 3.05) is 26.4 Å². The lowest BCUT2D eigenvalue weighted by molar-refractivity contribution is -0.378. The van der Waals surface area contributed by atoms with E-state index in [4.69, 9.17) is 37.9 Å². The van der Waals surface area contributed by atoms with Crippen LogP contribution in [0.1, 0.15) is 113 Å². The van der Waals surface area contributed by atoms with Gasteiger partial charge in [-0.2, -0.15) is 0 Å². The van der Waals surface area contributed by atoms with Crippen molar-refractivity contribution in [3.63, 3.8) is 0 Å². The van der Waals surface area contributed by atoms with Crippen LogP contribution in [0.4, 0.5) is 0 Å². The molecule has 29 atom stereocenters. The first-order valence-corrected chi connectivity index (χ1v) is 27.3. The van der Waals surface area contributed by atoms with Crippen LogP contribution in [0.15, 0.2) is 11.6 Å². The number of fused-ring (bicyclic) bond motifs is 5. The Morgan fingerprint density at radius 2 is 1.16 bits per heavy atom. The largest absolute Gasteiger partial charge is 0.394 e. The van der Waals surface area contributed by atoms with E-state index in [1.54, 1.807) is 0 Å². The highest BCUT2D eigenvalue weighted by molar-refractivity contribution is 5.20. The van der Waals surface area contributed by atoms with E-state index in [2.05, 4.69) is 40.7 Å². The van der Waals surface area contributed by atoms with Gasteiger partial charge in [-0.25, -0.2) is 0 Å². The number of hydrogen-bond donors (Lipinski definition) is 14. The minimum Gasteiger partial charge on any atom is -0.394 e. The lowest BCUT2D eigenvalue weighted by Gasteiger charge is -2.71. The zero-order valence-corrected chi connectivity index (χ0v) is 44.7. The van der Waals surface area contributed by atoms with E-state index < -0.39 is 165 Å². The smallest absolute Gasteiger partial charge is 0.187 e. The number of ether oxygens (including phenoxy) is 8. The Hall–Kier alpha value is -1.14. The van der Waals surface area contributed by atoms with E-state index in [0.29, 0.717) is 38.5 Å². The maximum Gasteiger partial charge on any atom is 0.187 e. The molecule has 0 aromatic carbocycles. The fourth-order valence-corrected chi connectivity index (χ4v) is 16.0. The van der Waals surface area contributed by atoms with Crippen LogP contribution in [0, 0.1) is 45.3 Å². The normalized spacial score (nSPS) is 52.7. The number of aliphatic hydroxyl groups excluding tert-OH is 14. The van der Waals surface area contributed by atoms with Gasteiger partial charge in [0.1, 0.15) is 91.6 Å². The molecule has 0 aromatic heterocycles. The predicted octanol–water partition coefficient (Wildman–Crippen LogP) is -1.56. The van der Waals surface area contributed by atoms with Crippen molar-refractivity contribution in [3.8, 4) is 0 Å². The SMILES string of the molecule is CC(C)=CCCC(C)(O[C@@H]1O[C@H](CO[C@@H]2OC[C@H](O)[C@H](O)[C@H]2O)[C@@H](O)[C@H](O)[C@H]1O)C1CCC2(C)[C@@H]1[C@H](O)CC1[C@@]3(C)CC[C@H](O[C@@H]4O[C@H](CO)[C@@H](O)[C@H](O)[C@H]4O[C@@H]4O[C@H](CO)[C@@H](O)[C@H](O)[C@H]4O)C(C)(C)C3CC[C@]12C. The summed E-state index contributed by atoms with van der Waals surface area (Å²) >= 11 is 0. The predicted molar refractivity (Wildman–Crippen MR) is 260 cm³/mol. The van der Waals surface area contributed by atoms with Gasteiger partial charge in [-0.15, -0.1) is 0 Å². The molecule has 75 heavy (non-hydrogen) atoms. The van der Waals surface area contributed by atoms with E-state index in [1.165, 1.54) is 0 Å². The van der Waals surface area contributed by atoms with Gasteiger partial charge in [0.05, 0.1) is 44.2 Å². The highest BCUT2D eigenvalue weighted by Crippen LogP contribution is 2.76. The van der Waals surface area contributed by atoms with Crippen LogP contribution in [0.5, 0.6) is 0 Å². The van der Waals surface area contributed by atoms with Crippen LogP contribution < -0.4 is 0 Å².